The number of rotatable bonds is 5. The molecule has 0 unspecified atom stereocenters. The minimum absolute atomic E-state index is 0.174. The summed E-state index contributed by atoms with van der Waals surface area (Å²) in [7, 11) is -7.27. The molecule has 0 amide bonds. The van der Waals surface area contributed by atoms with Crippen molar-refractivity contribution in [3.8, 4) is 0 Å². The molecule has 0 saturated carbocycles. The summed E-state index contributed by atoms with van der Waals surface area (Å²) in [5.74, 6) is 0. The van der Waals surface area contributed by atoms with E-state index in [0.717, 1.165) is 6.26 Å². The molecular weight excluding hydrogens is 290 g/mol. The monoisotopic (exact) mass is 313 g/mol. The highest BCUT2D eigenvalue weighted by Crippen LogP contribution is 2.17. The summed E-state index contributed by atoms with van der Waals surface area (Å²) >= 11 is 0. The summed E-state index contributed by atoms with van der Waals surface area (Å²) in [5.41, 5.74) is 5.51. The van der Waals surface area contributed by atoms with Crippen LogP contribution in [0.25, 0.3) is 0 Å². The quantitative estimate of drug-likeness (QED) is 0.675. The second-order valence-corrected chi connectivity index (χ2v) is 10.0. The van der Waals surface area contributed by atoms with Crippen LogP contribution in [0, 0.1) is 0 Å². The fourth-order valence-corrected chi connectivity index (χ4v) is 5.53. The SMILES string of the molecule is CC(C)(CN)N1CCN(S(=O)(=O)CS(C)(=O)=O)CC1. The summed E-state index contributed by atoms with van der Waals surface area (Å²) in [6.45, 7) is 6.24. The molecule has 0 bridgehead atoms. The van der Waals surface area contributed by atoms with Crippen LogP contribution >= 0.6 is 0 Å². The summed E-state index contributed by atoms with van der Waals surface area (Å²) in [6, 6.07) is 0. The topological polar surface area (TPSA) is 101 Å². The van der Waals surface area contributed by atoms with Gasteiger partial charge in [-0.15, -0.1) is 0 Å². The molecule has 1 aliphatic heterocycles. The van der Waals surface area contributed by atoms with Gasteiger partial charge in [-0.25, -0.2) is 16.8 Å². The zero-order valence-electron chi connectivity index (χ0n) is 11.7. The second-order valence-electron chi connectivity index (χ2n) is 5.56. The molecule has 1 rings (SSSR count). The molecule has 0 atom stereocenters. The Morgan fingerprint density at radius 2 is 1.53 bits per heavy atom. The second kappa shape index (κ2) is 5.65. The Labute approximate surface area is 115 Å². The molecule has 0 aromatic rings. The number of hydrogen-bond donors (Lipinski definition) is 1. The molecule has 7 nitrogen and oxygen atoms in total. The van der Waals surface area contributed by atoms with Crippen molar-refractivity contribution < 1.29 is 16.8 Å². The van der Waals surface area contributed by atoms with Gasteiger partial charge in [-0.1, -0.05) is 0 Å². The van der Waals surface area contributed by atoms with Crippen molar-refractivity contribution in [2.75, 3.05) is 44.1 Å². The maximum atomic E-state index is 11.9. The number of nitrogens with zero attached hydrogens (tertiary/aromatic N) is 2. The van der Waals surface area contributed by atoms with Crippen LogP contribution in [0.4, 0.5) is 0 Å². The Hall–Kier alpha value is -0.220. The Balaban J connectivity index is 2.69. The predicted octanol–water partition coefficient (Wildman–Crippen LogP) is -1.33. The molecular formula is C10H23N3O4S2. The van der Waals surface area contributed by atoms with Crippen LogP contribution in [0.2, 0.25) is 0 Å². The van der Waals surface area contributed by atoms with E-state index in [9.17, 15) is 16.8 Å². The third-order valence-electron chi connectivity index (χ3n) is 3.35. The molecule has 19 heavy (non-hydrogen) atoms. The van der Waals surface area contributed by atoms with E-state index in [2.05, 4.69) is 4.90 Å². The standard InChI is InChI=1S/C10H23N3O4S2/c1-10(2,8-11)12-4-6-13(7-5-12)19(16,17)9-18(3,14)15/h4-9,11H2,1-3H3. The maximum Gasteiger partial charge on any atom is 0.228 e. The molecule has 2 N–H and O–H groups in total. The molecule has 114 valence electrons. The zero-order chi connectivity index (χ0) is 14.9. The van der Waals surface area contributed by atoms with E-state index in [-0.39, 0.29) is 5.54 Å². The molecule has 9 heteroatoms. The third kappa shape index (κ3) is 4.67. The van der Waals surface area contributed by atoms with Crippen molar-refractivity contribution in [1.82, 2.24) is 9.21 Å². The average molecular weight is 313 g/mol. The number of piperazine rings is 1. The van der Waals surface area contributed by atoms with Crippen molar-refractivity contribution >= 4 is 19.9 Å². The summed E-state index contributed by atoms with van der Waals surface area (Å²) < 4.78 is 47.4. The first-order chi connectivity index (χ1) is 8.48. The lowest BCUT2D eigenvalue weighted by atomic mass is 10.0. The van der Waals surface area contributed by atoms with Crippen molar-refractivity contribution in [3.05, 3.63) is 0 Å². The Morgan fingerprint density at radius 1 is 1.05 bits per heavy atom. The fourth-order valence-electron chi connectivity index (χ4n) is 2.05. The molecule has 1 heterocycles. The molecule has 0 aliphatic carbocycles. The van der Waals surface area contributed by atoms with Crippen LogP contribution in [0.1, 0.15) is 13.8 Å². The summed E-state index contributed by atoms with van der Waals surface area (Å²) in [6.07, 6.45) is 0.929. The van der Waals surface area contributed by atoms with Gasteiger partial charge in [-0.05, 0) is 13.8 Å². The molecule has 0 aromatic heterocycles. The van der Waals surface area contributed by atoms with Crippen molar-refractivity contribution in [1.29, 1.82) is 0 Å². The third-order valence-corrected chi connectivity index (χ3v) is 7.41. The lowest BCUT2D eigenvalue weighted by Gasteiger charge is -2.43. The zero-order valence-corrected chi connectivity index (χ0v) is 13.3. The van der Waals surface area contributed by atoms with Crippen molar-refractivity contribution in [2.45, 2.75) is 19.4 Å². The predicted molar refractivity (Wildman–Crippen MR) is 74.9 cm³/mol. The van der Waals surface area contributed by atoms with Crippen LogP contribution in [-0.2, 0) is 19.9 Å². The molecule has 1 aliphatic rings. The van der Waals surface area contributed by atoms with E-state index in [0.29, 0.717) is 32.7 Å². The highest BCUT2D eigenvalue weighted by atomic mass is 32.3. The van der Waals surface area contributed by atoms with Gasteiger partial charge in [-0.3, -0.25) is 4.90 Å². The molecule has 0 aromatic carbocycles. The van der Waals surface area contributed by atoms with E-state index in [1.54, 1.807) is 0 Å². The molecule has 0 spiro atoms. The summed E-state index contributed by atoms with van der Waals surface area (Å²) in [4.78, 5) is 2.12. The maximum absolute atomic E-state index is 11.9. The first-order valence-electron chi connectivity index (χ1n) is 6.09. The van der Waals surface area contributed by atoms with Gasteiger partial charge < -0.3 is 5.73 Å². The van der Waals surface area contributed by atoms with E-state index in [1.807, 2.05) is 13.8 Å². The number of sulfonamides is 1. The number of hydrogen-bond acceptors (Lipinski definition) is 6. The smallest absolute Gasteiger partial charge is 0.228 e. The van der Waals surface area contributed by atoms with Gasteiger partial charge in [0.05, 0.1) is 0 Å². The van der Waals surface area contributed by atoms with Gasteiger partial charge in [-0.2, -0.15) is 4.31 Å². The normalized spacial score (nSPS) is 20.6. The van der Waals surface area contributed by atoms with E-state index in [1.165, 1.54) is 4.31 Å². The summed E-state index contributed by atoms with van der Waals surface area (Å²) in [5, 5.41) is -0.819. The van der Waals surface area contributed by atoms with Crippen LogP contribution in [0.15, 0.2) is 0 Å². The molecule has 1 saturated heterocycles. The fraction of sp³-hybridized carbons (Fsp3) is 1.00. The Kier molecular flexibility index (Phi) is 5.00. The van der Waals surface area contributed by atoms with Gasteiger partial charge in [0.1, 0.15) is 0 Å². The van der Waals surface area contributed by atoms with Crippen LogP contribution in [0.3, 0.4) is 0 Å². The highest BCUT2D eigenvalue weighted by Gasteiger charge is 2.34. The Bertz CT molecular complexity index is 505. The van der Waals surface area contributed by atoms with Crippen molar-refractivity contribution in [3.63, 3.8) is 0 Å². The van der Waals surface area contributed by atoms with Crippen LogP contribution < -0.4 is 5.73 Å². The minimum atomic E-state index is -3.73. The van der Waals surface area contributed by atoms with Crippen molar-refractivity contribution in [2.24, 2.45) is 5.73 Å². The lowest BCUT2D eigenvalue weighted by Crippen LogP contribution is -2.58. The van der Waals surface area contributed by atoms with Gasteiger partial charge in [0, 0.05) is 44.5 Å². The van der Waals surface area contributed by atoms with Crippen LogP contribution in [0.5, 0.6) is 0 Å². The van der Waals surface area contributed by atoms with Gasteiger partial charge in [0.15, 0.2) is 14.9 Å². The number of sulfone groups is 1. The minimum Gasteiger partial charge on any atom is -0.329 e. The van der Waals surface area contributed by atoms with E-state index < -0.39 is 24.9 Å². The van der Waals surface area contributed by atoms with Gasteiger partial charge in [0.25, 0.3) is 0 Å². The Morgan fingerprint density at radius 3 is 1.89 bits per heavy atom. The lowest BCUT2D eigenvalue weighted by molar-refractivity contribution is 0.0851. The van der Waals surface area contributed by atoms with E-state index >= 15 is 0 Å². The average Bonchev–Trinajstić information content (AvgIpc) is 2.26. The first kappa shape index (κ1) is 16.8. The van der Waals surface area contributed by atoms with E-state index in [4.69, 9.17) is 5.73 Å². The van der Waals surface area contributed by atoms with Crippen LogP contribution in [-0.4, -0.2) is 75.6 Å². The van der Waals surface area contributed by atoms with Gasteiger partial charge in [0.2, 0.25) is 10.0 Å². The van der Waals surface area contributed by atoms with Gasteiger partial charge >= 0.3 is 0 Å². The molecule has 0 radical (unpaired) electrons. The molecule has 1 fully saturated rings. The highest BCUT2D eigenvalue weighted by molar-refractivity contribution is 8.06. The first-order valence-corrected chi connectivity index (χ1v) is 9.75. The largest absolute Gasteiger partial charge is 0.329 e. The number of nitrogens with two attached hydrogens (primary N) is 1.